The van der Waals surface area contributed by atoms with E-state index in [0.717, 1.165) is 30.5 Å². The van der Waals surface area contributed by atoms with Crippen molar-refractivity contribution in [3.05, 3.63) is 65.5 Å². The molecule has 1 atom stereocenters. The minimum Gasteiger partial charge on any atom is -0.452 e. The van der Waals surface area contributed by atoms with E-state index in [1.54, 1.807) is 12.4 Å². The molecular formula is C22H24F2N2O3. The molecule has 0 aliphatic heterocycles. The molecule has 29 heavy (non-hydrogen) atoms. The van der Waals surface area contributed by atoms with Gasteiger partial charge in [-0.15, -0.1) is 0 Å². The average Bonchev–Trinajstić information content (AvgIpc) is 3.19. The van der Waals surface area contributed by atoms with Crippen LogP contribution in [0.25, 0.3) is 0 Å². The van der Waals surface area contributed by atoms with E-state index in [9.17, 15) is 18.4 Å². The number of ether oxygens (including phenoxy) is 1. The number of nitrogens with one attached hydrogen (secondary N) is 1. The Morgan fingerprint density at radius 1 is 1.17 bits per heavy atom. The van der Waals surface area contributed by atoms with Crippen LogP contribution in [0.2, 0.25) is 0 Å². The van der Waals surface area contributed by atoms with E-state index in [0.29, 0.717) is 25.8 Å². The lowest BCUT2D eigenvalue weighted by molar-refractivity contribution is -0.160. The summed E-state index contributed by atoms with van der Waals surface area (Å²) in [5.41, 5.74) is -0.0167. The molecule has 1 saturated carbocycles. The largest absolute Gasteiger partial charge is 0.452 e. The number of aromatic nitrogens is 1. The molecular weight excluding hydrogens is 378 g/mol. The number of halogens is 2. The monoisotopic (exact) mass is 402 g/mol. The first-order valence-corrected chi connectivity index (χ1v) is 9.75. The highest BCUT2D eigenvalue weighted by atomic mass is 19.1. The molecule has 0 radical (unpaired) electrons. The Morgan fingerprint density at radius 3 is 2.52 bits per heavy atom. The molecule has 7 heteroatoms. The summed E-state index contributed by atoms with van der Waals surface area (Å²) in [6, 6.07) is 6.93. The van der Waals surface area contributed by atoms with Crippen LogP contribution in [0.15, 0.2) is 42.7 Å². The summed E-state index contributed by atoms with van der Waals surface area (Å²) in [6.07, 6.45) is 5.25. The highest BCUT2D eigenvalue weighted by Crippen LogP contribution is 2.43. The van der Waals surface area contributed by atoms with Crippen molar-refractivity contribution in [1.82, 2.24) is 10.3 Å². The van der Waals surface area contributed by atoms with Gasteiger partial charge >= 0.3 is 5.97 Å². The van der Waals surface area contributed by atoms with Crippen molar-refractivity contribution >= 4 is 11.9 Å². The Bertz CT molecular complexity index is 868. The van der Waals surface area contributed by atoms with Crippen molar-refractivity contribution in [3.63, 3.8) is 0 Å². The average molecular weight is 402 g/mol. The van der Waals surface area contributed by atoms with Gasteiger partial charge in [0.05, 0.1) is 5.41 Å². The SMILES string of the molecule is CC(OC(=O)C1(c2ccc(F)cc2F)CCCC1)C(=O)NCCc1ccncc1. The second-order valence-electron chi connectivity index (χ2n) is 7.36. The standard InChI is InChI=1S/C22H24F2N2O3/c1-15(20(27)26-13-8-16-6-11-25-12-7-16)29-21(28)22(9-2-3-10-22)18-5-4-17(23)14-19(18)24/h4-7,11-12,14-15H,2-3,8-10,13H2,1H3,(H,26,27). The minimum atomic E-state index is -1.18. The summed E-state index contributed by atoms with van der Waals surface area (Å²) >= 11 is 0. The van der Waals surface area contributed by atoms with Gasteiger partial charge < -0.3 is 10.1 Å². The summed E-state index contributed by atoms with van der Waals surface area (Å²) in [6.45, 7) is 1.88. The van der Waals surface area contributed by atoms with Crippen LogP contribution in [0.3, 0.4) is 0 Å². The van der Waals surface area contributed by atoms with Gasteiger partial charge in [0.15, 0.2) is 6.10 Å². The Kier molecular flexibility index (Phi) is 6.56. The molecule has 1 N–H and O–H groups in total. The lowest BCUT2D eigenvalue weighted by Gasteiger charge is -2.29. The van der Waals surface area contributed by atoms with Crippen LogP contribution in [0.1, 0.15) is 43.7 Å². The summed E-state index contributed by atoms with van der Waals surface area (Å²) in [5.74, 6) is -2.52. The third-order valence-corrected chi connectivity index (χ3v) is 5.41. The molecule has 0 saturated heterocycles. The van der Waals surface area contributed by atoms with Gasteiger partial charge in [0.25, 0.3) is 5.91 Å². The number of carbonyl (C=O) groups excluding carboxylic acids is 2. The summed E-state index contributed by atoms with van der Waals surface area (Å²) < 4.78 is 33.1. The summed E-state index contributed by atoms with van der Waals surface area (Å²) in [4.78, 5) is 29.2. The molecule has 1 aliphatic carbocycles. The predicted octanol–water partition coefficient (Wildman–Crippen LogP) is 3.46. The fourth-order valence-corrected chi connectivity index (χ4v) is 3.79. The molecule has 1 unspecified atom stereocenters. The first-order chi connectivity index (χ1) is 13.9. The van der Waals surface area contributed by atoms with Crippen LogP contribution in [0.5, 0.6) is 0 Å². The molecule has 1 heterocycles. The fourth-order valence-electron chi connectivity index (χ4n) is 3.79. The molecule has 5 nitrogen and oxygen atoms in total. The van der Waals surface area contributed by atoms with E-state index in [1.165, 1.54) is 13.0 Å². The quantitative estimate of drug-likeness (QED) is 0.721. The Labute approximate surface area is 168 Å². The molecule has 1 amide bonds. The molecule has 1 aromatic carbocycles. The van der Waals surface area contributed by atoms with E-state index < -0.39 is 35.0 Å². The van der Waals surface area contributed by atoms with Crippen molar-refractivity contribution in [1.29, 1.82) is 0 Å². The van der Waals surface area contributed by atoms with Crippen molar-refractivity contribution < 1.29 is 23.1 Å². The number of pyridine rings is 1. The van der Waals surface area contributed by atoms with Gasteiger partial charge in [-0.3, -0.25) is 14.6 Å². The highest BCUT2D eigenvalue weighted by molar-refractivity contribution is 5.88. The van der Waals surface area contributed by atoms with Crippen molar-refractivity contribution in [2.75, 3.05) is 6.54 Å². The zero-order valence-electron chi connectivity index (χ0n) is 16.3. The number of rotatable bonds is 7. The van der Waals surface area contributed by atoms with E-state index in [4.69, 9.17) is 4.74 Å². The normalized spacial score (nSPS) is 16.2. The Hall–Kier alpha value is -2.83. The third-order valence-electron chi connectivity index (χ3n) is 5.41. The lowest BCUT2D eigenvalue weighted by Crippen LogP contribution is -2.42. The first kappa shape index (κ1) is 20.9. The molecule has 0 bridgehead atoms. The number of carbonyl (C=O) groups is 2. The van der Waals surface area contributed by atoms with Gasteiger partial charge in [-0.2, -0.15) is 0 Å². The molecule has 2 aromatic rings. The van der Waals surface area contributed by atoms with Gasteiger partial charge in [-0.05, 0) is 49.9 Å². The molecule has 1 fully saturated rings. The summed E-state index contributed by atoms with van der Waals surface area (Å²) in [7, 11) is 0. The van der Waals surface area contributed by atoms with Crippen LogP contribution >= 0.6 is 0 Å². The minimum absolute atomic E-state index is 0.131. The number of nitrogens with zero attached hydrogens (tertiary/aromatic N) is 1. The van der Waals surface area contributed by atoms with Gasteiger partial charge in [-0.1, -0.05) is 18.9 Å². The number of esters is 1. The number of benzene rings is 1. The molecule has 154 valence electrons. The first-order valence-electron chi connectivity index (χ1n) is 9.75. The van der Waals surface area contributed by atoms with E-state index in [-0.39, 0.29) is 5.56 Å². The summed E-state index contributed by atoms with van der Waals surface area (Å²) in [5, 5.41) is 2.74. The molecule has 1 aromatic heterocycles. The lowest BCUT2D eigenvalue weighted by atomic mass is 9.78. The van der Waals surface area contributed by atoms with E-state index >= 15 is 0 Å². The van der Waals surface area contributed by atoms with E-state index in [2.05, 4.69) is 10.3 Å². The molecule has 0 spiro atoms. The zero-order chi connectivity index (χ0) is 20.9. The Morgan fingerprint density at radius 2 is 1.86 bits per heavy atom. The molecule has 1 aliphatic rings. The van der Waals surface area contributed by atoms with Crippen LogP contribution in [0.4, 0.5) is 8.78 Å². The fraction of sp³-hybridized carbons (Fsp3) is 0.409. The van der Waals surface area contributed by atoms with Crippen LogP contribution in [-0.2, 0) is 26.2 Å². The maximum atomic E-state index is 14.4. The topological polar surface area (TPSA) is 68.3 Å². The van der Waals surface area contributed by atoms with Crippen LogP contribution in [0, 0.1) is 11.6 Å². The van der Waals surface area contributed by atoms with Gasteiger partial charge in [0.2, 0.25) is 0 Å². The maximum Gasteiger partial charge on any atom is 0.317 e. The predicted molar refractivity (Wildman–Crippen MR) is 103 cm³/mol. The van der Waals surface area contributed by atoms with Gasteiger partial charge in [-0.25, -0.2) is 8.78 Å². The number of hydrogen-bond acceptors (Lipinski definition) is 4. The number of hydrogen-bond donors (Lipinski definition) is 1. The second kappa shape index (κ2) is 9.11. The van der Waals surface area contributed by atoms with Gasteiger partial charge in [0, 0.05) is 30.6 Å². The van der Waals surface area contributed by atoms with Crippen molar-refractivity contribution in [3.8, 4) is 0 Å². The highest BCUT2D eigenvalue weighted by Gasteiger charge is 2.46. The maximum absolute atomic E-state index is 14.4. The van der Waals surface area contributed by atoms with Crippen LogP contribution in [-0.4, -0.2) is 29.5 Å². The van der Waals surface area contributed by atoms with Gasteiger partial charge in [0.1, 0.15) is 11.6 Å². The third kappa shape index (κ3) is 4.78. The van der Waals surface area contributed by atoms with E-state index in [1.807, 2.05) is 12.1 Å². The second-order valence-corrected chi connectivity index (χ2v) is 7.36. The Balaban J connectivity index is 1.62. The smallest absolute Gasteiger partial charge is 0.317 e. The molecule has 3 rings (SSSR count). The zero-order valence-corrected chi connectivity index (χ0v) is 16.3. The van der Waals surface area contributed by atoms with Crippen LogP contribution < -0.4 is 5.32 Å². The number of amides is 1. The van der Waals surface area contributed by atoms with Crippen molar-refractivity contribution in [2.45, 2.75) is 50.5 Å². The van der Waals surface area contributed by atoms with Crippen molar-refractivity contribution in [2.24, 2.45) is 0 Å².